The second-order valence-corrected chi connectivity index (χ2v) is 4.52. The third-order valence-electron chi connectivity index (χ3n) is 1.74. The molecule has 0 N–H and O–H groups in total. The molecule has 0 saturated carbocycles. The largest absolute Gasteiger partial charge is 0.445 e. The Bertz CT molecular complexity index is 85.1. The fourth-order valence-corrected chi connectivity index (χ4v) is 1.98. The van der Waals surface area contributed by atoms with Crippen LogP contribution in [-0.2, 0) is 4.12 Å². The van der Waals surface area contributed by atoms with Crippen LogP contribution in [0.2, 0.25) is 0 Å². The van der Waals surface area contributed by atoms with E-state index in [9.17, 15) is 0 Å². The molecule has 2 nitrogen and oxygen atoms in total. The molecule has 0 aliphatic rings. The Balaban J connectivity index is 3.40. The van der Waals surface area contributed by atoms with Gasteiger partial charge >= 0.3 is 9.92 Å². The Labute approximate surface area is 82.2 Å². The van der Waals surface area contributed by atoms with Crippen molar-refractivity contribution in [3.63, 3.8) is 0 Å². The van der Waals surface area contributed by atoms with Gasteiger partial charge in [0.15, 0.2) is 0 Å². The molecule has 5 radical (unpaired) electrons. The minimum absolute atomic E-state index is 0.473. The molecule has 0 aromatic rings. The van der Waals surface area contributed by atoms with Crippen molar-refractivity contribution < 1.29 is 4.12 Å². The van der Waals surface area contributed by atoms with Crippen LogP contribution < -0.4 is 0 Å². The van der Waals surface area contributed by atoms with Crippen molar-refractivity contribution in [1.82, 2.24) is 4.57 Å². The Morgan fingerprint density at radius 1 is 1.17 bits per heavy atom. The molecule has 0 saturated heterocycles. The van der Waals surface area contributed by atoms with Crippen LogP contribution in [0.3, 0.4) is 0 Å². The number of nitrogens with zero attached hydrogens (tertiary/aromatic N) is 1. The summed E-state index contributed by atoms with van der Waals surface area (Å²) in [6, 6.07) is 0. The highest BCUT2D eigenvalue weighted by molar-refractivity contribution is 6.31. The second kappa shape index (κ2) is 9.44. The quantitative estimate of drug-likeness (QED) is 0.551. The first-order valence-corrected chi connectivity index (χ1v) is 5.94. The molecule has 0 rings (SSSR count). The van der Waals surface area contributed by atoms with Crippen LogP contribution in [-0.4, -0.2) is 38.1 Å². The van der Waals surface area contributed by atoms with Crippen molar-refractivity contribution in [3.8, 4) is 0 Å². The van der Waals surface area contributed by atoms with Crippen LogP contribution in [0, 0.1) is 0 Å². The van der Waals surface area contributed by atoms with Gasteiger partial charge in [-0.15, -0.1) is 0 Å². The van der Waals surface area contributed by atoms with Gasteiger partial charge in [0, 0.05) is 0 Å². The highest BCUT2D eigenvalue weighted by atomic mass is 28.3. The van der Waals surface area contributed by atoms with Gasteiger partial charge in [-0.1, -0.05) is 26.7 Å². The third kappa shape index (κ3) is 7.03. The third-order valence-corrected chi connectivity index (χ3v) is 2.81. The predicted octanol–water partition coefficient (Wildman–Crippen LogP) is 1.52. The Hall–Kier alpha value is 0.354. The van der Waals surface area contributed by atoms with Crippen molar-refractivity contribution in [2.75, 3.05) is 13.1 Å². The Morgan fingerprint density at radius 3 is 2.00 bits per heavy atom. The molecule has 0 aliphatic heterocycles. The minimum Gasteiger partial charge on any atom is -0.445 e. The molecule has 0 heterocycles. The standard InChI is InChI=1S/C8H18NOSi2/c1-3-5-7-9(12-10-11)8-6-4-2/h3-8H2,1-2H3. The molecule has 0 aromatic heterocycles. The molecule has 0 spiro atoms. The van der Waals surface area contributed by atoms with Crippen LogP contribution in [0.5, 0.6) is 0 Å². The number of unbranched alkanes of at least 4 members (excludes halogenated alkanes) is 2. The van der Waals surface area contributed by atoms with Crippen molar-refractivity contribution in [2.24, 2.45) is 0 Å². The molecule has 0 unspecified atom stereocenters. The van der Waals surface area contributed by atoms with E-state index in [4.69, 9.17) is 4.12 Å². The zero-order valence-corrected chi connectivity index (χ0v) is 10.1. The average Bonchev–Trinajstić information content (AvgIpc) is 2.10. The van der Waals surface area contributed by atoms with E-state index in [1.807, 2.05) is 0 Å². The lowest BCUT2D eigenvalue weighted by molar-refractivity contribution is 0.382. The zero-order chi connectivity index (χ0) is 9.23. The molecule has 12 heavy (non-hydrogen) atoms. The van der Waals surface area contributed by atoms with Crippen molar-refractivity contribution in [3.05, 3.63) is 0 Å². The first-order valence-electron chi connectivity index (χ1n) is 4.68. The van der Waals surface area contributed by atoms with Gasteiger partial charge < -0.3 is 8.68 Å². The number of hydrogen-bond acceptors (Lipinski definition) is 2. The Kier molecular flexibility index (Phi) is 9.72. The van der Waals surface area contributed by atoms with Gasteiger partial charge in [0.05, 0.1) is 0 Å². The van der Waals surface area contributed by atoms with E-state index in [0.29, 0.717) is 9.92 Å². The predicted molar refractivity (Wildman–Crippen MR) is 54.0 cm³/mol. The average molecular weight is 200 g/mol. The first-order chi connectivity index (χ1) is 5.85. The van der Waals surface area contributed by atoms with Crippen LogP contribution in [0.15, 0.2) is 0 Å². The zero-order valence-electron chi connectivity index (χ0n) is 8.10. The summed E-state index contributed by atoms with van der Waals surface area (Å²) >= 11 is 0. The van der Waals surface area contributed by atoms with Crippen molar-refractivity contribution in [1.29, 1.82) is 0 Å². The molecule has 4 heteroatoms. The van der Waals surface area contributed by atoms with Gasteiger partial charge in [-0.05, 0) is 25.9 Å². The van der Waals surface area contributed by atoms with Gasteiger partial charge in [-0.25, -0.2) is 0 Å². The number of rotatable bonds is 8. The van der Waals surface area contributed by atoms with Gasteiger partial charge in [-0.2, -0.15) is 0 Å². The lowest BCUT2D eigenvalue weighted by atomic mass is 10.3. The summed E-state index contributed by atoms with van der Waals surface area (Å²) < 4.78 is 7.32. The fourth-order valence-electron chi connectivity index (χ4n) is 0.966. The number of hydrogen-bond donors (Lipinski definition) is 0. The van der Waals surface area contributed by atoms with Crippen molar-refractivity contribution >= 4 is 20.4 Å². The van der Waals surface area contributed by atoms with Crippen LogP contribution >= 0.6 is 0 Å². The van der Waals surface area contributed by atoms with Gasteiger partial charge in [0.1, 0.15) is 0 Å². The maximum absolute atomic E-state index is 4.96. The molecule has 0 amide bonds. The highest BCUT2D eigenvalue weighted by Crippen LogP contribution is 1.96. The smallest absolute Gasteiger partial charge is 0.328 e. The summed E-state index contributed by atoms with van der Waals surface area (Å²) in [6.45, 7) is 6.77. The Morgan fingerprint density at radius 2 is 1.67 bits per heavy atom. The summed E-state index contributed by atoms with van der Waals surface area (Å²) in [4.78, 5) is 0. The van der Waals surface area contributed by atoms with Crippen LogP contribution in [0.25, 0.3) is 0 Å². The van der Waals surface area contributed by atoms with Crippen LogP contribution in [0.1, 0.15) is 39.5 Å². The van der Waals surface area contributed by atoms with E-state index < -0.39 is 0 Å². The maximum atomic E-state index is 4.96. The summed E-state index contributed by atoms with van der Waals surface area (Å²) in [5.74, 6) is 0. The molecule has 0 aliphatic carbocycles. The molecule has 0 fully saturated rings. The fraction of sp³-hybridized carbons (Fsp3) is 1.00. The van der Waals surface area contributed by atoms with Crippen molar-refractivity contribution in [2.45, 2.75) is 39.5 Å². The monoisotopic (exact) mass is 200 g/mol. The van der Waals surface area contributed by atoms with E-state index >= 15 is 0 Å². The van der Waals surface area contributed by atoms with E-state index in [1.54, 1.807) is 0 Å². The first kappa shape index (κ1) is 12.4. The molecular formula is C8H18NOSi2. The summed E-state index contributed by atoms with van der Waals surface area (Å²) in [5, 5.41) is 0. The molecular weight excluding hydrogens is 182 g/mol. The molecule has 0 atom stereocenters. The van der Waals surface area contributed by atoms with E-state index in [0.717, 1.165) is 0 Å². The SMILES string of the molecule is CCCCN(CCCC)[Si]O[Si]. The molecule has 0 bridgehead atoms. The minimum atomic E-state index is 0.473. The normalized spacial score (nSPS) is 11.0. The highest BCUT2D eigenvalue weighted by Gasteiger charge is 2.04. The lowest BCUT2D eigenvalue weighted by Crippen LogP contribution is -2.31. The maximum Gasteiger partial charge on any atom is 0.328 e. The van der Waals surface area contributed by atoms with Gasteiger partial charge in [0.25, 0.3) is 0 Å². The molecule has 69 valence electrons. The lowest BCUT2D eigenvalue weighted by Gasteiger charge is -2.18. The second-order valence-electron chi connectivity index (χ2n) is 2.89. The van der Waals surface area contributed by atoms with E-state index in [2.05, 4.69) is 28.9 Å². The van der Waals surface area contributed by atoms with Crippen LogP contribution in [0.4, 0.5) is 0 Å². The van der Waals surface area contributed by atoms with E-state index in [1.165, 1.54) is 38.8 Å². The summed E-state index contributed by atoms with van der Waals surface area (Å²) in [7, 11) is 3.52. The van der Waals surface area contributed by atoms with Gasteiger partial charge in [-0.3, -0.25) is 0 Å². The topological polar surface area (TPSA) is 12.5 Å². The van der Waals surface area contributed by atoms with E-state index in [-0.39, 0.29) is 0 Å². The summed E-state index contributed by atoms with van der Waals surface area (Å²) in [6.07, 6.45) is 5.06. The summed E-state index contributed by atoms with van der Waals surface area (Å²) in [5.41, 5.74) is 0. The van der Waals surface area contributed by atoms with Gasteiger partial charge in [0.2, 0.25) is 10.5 Å². The molecule has 0 aromatic carbocycles.